The molecule has 0 aliphatic heterocycles. The topological polar surface area (TPSA) is 97.1 Å². The van der Waals surface area contributed by atoms with Crippen molar-refractivity contribution in [3.05, 3.63) is 41.0 Å². The summed E-state index contributed by atoms with van der Waals surface area (Å²) in [6.07, 6.45) is 6.46. The number of nitro groups is 1. The normalized spacial score (nSPS) is 10.3. The lowest BCUT2D eigenvalue weighted by Crippen LogP contribution is -2.21. The molecule has 0 aliphatic rings. The van der Waals surface area contributed by atoms with Crippen LogP contribution in [0.1, 0.15) is 19.8 Å². The molecule has 0 aromatic carbocycles. The van der Waals surface area contributed by atoms with Crippen molar-refractivity contribution < 1.29 is 4.92 Å². The smallest absolute Gasteiger partial charge is 0.353 e. The molecule has 1 N–H and O–H groups in total. The van der Waals surface area contributed by atoms with Gasteiger partial charge in [-0.15, -0.1) is 0 Å². The zero-order chi connectivity index (χ0) is 15.9. The fourth-order valence-corrected chi connectivity index (χ4v) is 1.98. The number of pyridine rings is 1. The van der Waals surface area contributed by atoms with Gasteiger partial charge in [-0.25, -0.2) is 9.97 Å². The van der Waals surface area contributed by atoms with Gasteiger partial charge in [-0.3, -0.25) is 15.1 Å². The van der Waals surface area contributed by atoms with Crippen LogP contribution in [0.3, 0.4) is 0 Å². The van der Waals surface area contributed by atoms with Crippen LogP contribution in [0, 0.1) is 10.1 Å². The number of unbranched alkanes of at least 4 members (excludes halogenated alkanes) is 1. The summed E-state index contributed by atoms with van der Waals surface area (Å²) in [5.74, 6) is 0.464. The fraction of sp³-hybridized carbons (Fsp3) is 0.357. The van der Waals surface area contributed by atoms with Crippen LogP contribution in [0.15, 0.2) is 30.9 Å². The number of hydrogen-bond acceptors (Lipinski definition) is 7. The van der Waals surface area contributed by atoms with Crippen molar-refractivity contribution in [3.63, 3.8) is 0 Å². The molecule has 22 heavy (non-hydrogen) atoms. The van der Waals surface area contributed by atoms with E-state index in [9.17, 15) is 10.1 Å². The van der Waals surface area contributed by atoms with Gasteiger partial charge in [0.25, 0.3) is 0 Å². The van der Waals surface area contributed by atoms with E-state index in [2.05, 4.69) is 27.2 Å². The van der Waals surface area contributed by atoms with E-state index >= 15 is 0 Å². The molecule has 8 nitrogen and oxygen atoms in total. The Kier molecular flexibility index (Phi) is 5.18. The Morgan fingerprint density at radius 3 is 2.86 bits per heavy atom. The molecular formula is C14H18N6O2. The van der Waals surface area contributed by atoms with Gasteiger partial charge >= 0.3 is 5.69 Å². The predicted octanol–water partition coefficient (Wildman–Crippen LogP) is 2.76. The van der Waals surface area contributed by atoms with Gasteiger partial charge in [0, 0.05) is 19.8 Å². The Morgan fingerprint density at radius 2 is 2.23 bits per heavy atom. The first kappa shape index (κ1) is 15.6. The highest BCUT2D eigenvalue weighted by Gasteiger charge is 2.25. The average Bonchev–Trinajstić information content (AvgIpc) is 2.53. The van der Waals surface area contributed by atoms with Gasteiger partial charge in [0.1, 0.15) is 6.33 Å². The second kappa shape index (κ2) is 7.30. The lowest BCUT2D eigenvalue weighted by molar-refractivity contribution is -0.383. The molecule has 2 heterocycles. The minimum Gasteiger partial charge on any atom is -0.354 e. The van der Waals surface area contributed by atoms with Gasteiger partial charge in [-0.1, -0.05) is 13.3 Å². The van der Waals surface area contributed by atoms with Crippen LogP contribution in [0.25, 0.3) is 0 Å². The molecule has 2 aromatic heterocycles. The summed E-state index contributed by atoms with van der Waals surface area (Å²) in [5, 5.41) is 14.4. The minimum atomic E-state index is -0.462. The molecule has 8 heteroatoms. The van der Waals surface area contributed by atoms with Crippen molar-refractivity contribution in [3.8, 4) is 0 Å². The van der Waals surface area contributed by atoms with Gasteiger partial charge in [0.05, 0.1) is 16.8 Å². The van der Waals surface area contributed by atoms with Crippen molar-refractivity contribution in [2.75, 3.05) is 23.8 Å². The molecule has 0 atom stereocenters. The number of rotatable bonds is 7. The van der Waals surface area contributed by atoms with Crippen molar-refractivity contribution in [1.29, 1.82) is 0 Å². The Labute approximate surface area is 128 Å². The molecule has 0 bridgehead atoms. The van der Waals surface area contributed by atoms with Gasteiger partial charge in [-0.2, -0.15) is 0 Å². The van der Waals surface area contributed by atoms with E-state index in [1.807, 2.05) is 0 Å². The second-order valence-electron chi connectivity index (χ2n) is 4.79. The van der Waals surface area contributed by atoms with E-state index in [0.717, 1.165) is 12.8 Å². The van der Waals surface area contributed by atoms with Crippen LogP contribution < -0.4 is 10.2 Å². The molecule has 0 saturated carbocycles. The quantitative estimate of drug-likeness (QED) is 0.620. The molecule has 0 aliphatic carbocycles. The first-order chi connectivity index (χ1) is 10.6. The van der Waals surface area contributed by atoms with Crippen LogP contribution in [0.5, 0.6) is 0 Å². The Balaban J connectivity index is 2.36. The third kappa shape index (κ3) is 3.66. The average molecular weight is 302 g/mol. The summed E-state index contributed by atoms with van der Waals surface area (Å²) in [5.41, 5.74) is 0.497. The van der Waals surface area contributed by atoms with Gasteiger partial charge in [0.2, 0.25) is 11.6 Å². The van der Waals surface area contributed by atoms with Crippen LogP contribution in [-0.4, -0.2) is 33.5 Å². The monoisotopic (exact) mass is 302 g/mol. The van der Waals surface area contributed by atoms with Crippen LogP contribution >= 0.6 is 0 Å². The van der Waals surface area contributed by atoms with E-state index < -0.39 is 4.92 Å². The van der Waals surface area contributed by atoms with E-state index in [-0.39, 0.29) is 11.5 Å². The summed E-state index contributed by atoms with van der Waals surface area (Å²) in [4.78, 5) is 24.8. The van der Waals surface area contributed by atoms with Crippen LogP contribution in [0.2, 0.25) is 0 Å². The van der Waals surface area contributed by atoms with Crippen LogP contribution in [0.4, 0.5) is 23.0 Å². The third-order valence-corrected chi connectivity index (χ3v) is 3.12. The van der Waals surface area contributed by atoms with Crippen molar-refractivity contribution >= 4 is 23.0 Å². The van der Waals surface area contributed by atoms with E-state index in [1.165, 1.54) is 6.33 Å². The maximum atomic E-state index is 11.5. The molecule has 0 radical (unpaired) electrons. The molecular weight excluding hydrogens is 284 g/mol. The minimum absolute atomic E-state index is 0.134. The molecule has 2 aromatic rings. The molecule has 0 fully saturated rings. The molecule has 0 amide bonds. The molecule has 0 saturated heterocycles. The summed E-state index contributed by atoms with van der Waals surface area (Å²) < 4.78 is 0. The van der Waals surface area contributed by atoms with Crippen LogP contribution in [-0.2, 0) is 0 Å². The number of nitrogens with one attached hydrogen (secondary N) is 1. The number of hydrogen-bond donors (Lipinski definition) is 1. The maximum absolute atomic E-state index is 11.5. The van der Waals surface area contributed by atoms with Crippen molar-refractivity contribution in [1.82, 2.24) is 15.0 Å². The Bertz CT molecular complexity index is 634. The van der Waals surface area contributed by atoms with Crippen molar-refractivity contribution in [2.24, 2.45) is 0 Å². The zero-order valence-corrected chi connectivity index (χ0v) is 12.6. The van der Waals surface area contributed by atoms with E-state index in [0.29, 0.717) is 18.1 Å². The third-order valence-electron chi connectivity index (χ3n) is 3.12. The molecule has 2 rings (SSSR count). The fourth-order valence-electron chi connectivity index (χ4n) is 1.98. The van der Waals surface area contributed by atoms with Gasteiger partial charge in [-0.05, 0) is 18.6 Å². The molecule has 0 unspecified atom stereocenters. The highest BCUT2D eigenvalue weighted by molar-refractivity contribution is 5.73. The number of anilines is 3. The highest BCUT2D eigenvalue weighted by Crippen LogP contribution is 2.32. The van der Waals surface area contributed by atoms with E-state index in [1.54, 1.807) is 36.5 Å². The summed E-state index contributed by atoms with van der Waals surface area (Å²) in [6, 6.07) is 3.50. The highest BCUT2D eigenvalue weighted by atomic mass is 16.6. The first-order valence-corrected chi connectivity index (χ1v) is 7.01. The summed E-state index contributed by atoms with van der Waals surface area (Å²) in [6.45, 7) is 2.76. The SMILES string of the molecule is CCCCN(C)c1ncnc(Nc2cccnc2)c1[N+](=O)[O-]. The molecule has 0 spiro atoms. The van der Waals surface area contributed by atoms with Gasteiger partial charge < -0.3 is 10.2 Å². The standard InChI is InChI=1S/C14H18N6O2/c1-3-4-8-19(2)14-12(20(21)22)13(16-10-17-14)18-11-6-5-7-15-9-11/h5-7,9-10H,3-4,8H2,1-2H3,(H,16,17,18). The number of nitrogens with zero attached hydrogens (tertiary/aromatic N) is 5. The first-order valence-electron chi connectivity index (χ1n) is 7.01. The largest absolute Gasteiger partial charge is 0.354 e. The Hall–Kier alpha value is -2.77. The summed E-state index contributed by atoms with van der Waals surface area (Å²) in [7, 11) is 1.79. The Morgan fingerprint density at radius 1 is 1.41 bits per heavy atom. The van der Waals surface area contributed by atoms with Crippen molar-refractivity contribution in [2.45, 2.75) is 19.8 Å². The number of aromatic nitrogens is 3. The molecule has 116 valence electrons. The summed E-state index contributed by atoms with van der Waals surface area (Å²) >= 11 is 0. The second-order valence-corrected chi connectivity index (χ2v) is 4.79. The maximum Gasteiger partial charge on any atom is 0.353 e. The lowest BCUT2D eigenvalue weighted by Gasteiger charge is -2.18. The lowest BCUT2D eigenvalue weighted by atomic mass is 10.3. The van der Waals surface area contributed by atoms with Gasteiger partial charge in [0.15, 0.2) is 0 Å². The zero-order valence-electron chi connectivity index (χ0n) is 12.6. The predicted molar refractivity (Wildman–Crippen MR) is 84.4 cm³/mol. The van der Waals surface area contributed by atoms with E-state index in [4.69, 9.17) is 0 Å².